The second kappa shape index (κ2) is 2.39. The minimum absolute atomic E-state index is 0.0569. The van der Waals surface area contributed by atoms with Crippen LogP contribution in [0, 0.1) is 0 Å². The minimum atomic E-state index is -0.0569. The molecule has 0 radical (unpaired) electrons. The molecule has 1 heterocycles. The molecule has 1 rings (SSSR count). The Morgan fingerprint density at radius 2 is 2.43 bits per heavy atom. The molecule has 0 bridgehead atoms. The summed E-state index contributed by atoms with van der Waals surface area (Å²) in [5.41, 5.74) is 0. The third-order valence-corrected chi connectivity index (χ3v) is 4.47. The third-order valence-electron chi connectivity index (χ3n) is 0.613. The van der Waals surface area contributed by atoms with E-state index in [4.69, 9.17) is 11.6 Å². The van der Waals surface area contributed by atoms with Gasteiger partial charge in [-0.25, -0.2) is 0 Å². The van der Waals surface area contributed by atoms with Crippen molar-refractivity contribution in [3.8, 4) is 0 Å². The summed E-state index contributed by atoms with van der Waals surface area (Å²) in [6, 6.07) is 0. The molecular formula is C4H3AsBrCl. The van der Waals surface area contributed by atoms with E-state index in [1.165, 1.54) is 0 Å². The van der Waals surface area contributed by atoms with Gasteiger partial charge < -0.3 is 0 Å². The fraction of sp³-hybridized carbons (Fsp3) is 0. The van der Waals surface area contributed by atoms with E-state index >= 15 is 0 Å². The number of hydrogen-bond acceptors (Lipinski definition) is 0. The Hall–Kier alpha value is 0.808. The quantitative estimate of drug-likeness (QED) is 0.567. The van der Waals surface area contributed by atoms with Gasteiger partial charge in [0, 0.05) is 0 Å². The maximum atomic E-state index is 5.64. The zero-order valence-electron chi connectivity index (χ0n) is 3.41. The van der Waals surface area contributed by atoms with Crippen molar-refractivity contribution in [1.82, 2.24) is 0 Å². The molecule has 38 valence electrons. The molecule has 0 amide bonds. The summed E-state index contributed by atoms with van der Waals surface area (Å²) in [5, 5.41) is 0. The Bertz CT molecular complexity index is 139. The van der Waals surface area contributed by atoms with Crippen LogP contribution < -0.4 is 0 Å². The average Bonchev–Trinajstić information content (AvgIpc) is 1.87. The molecule has 0 nitrogen and oxygen atoms in total. The molecule has 0 spiro atoms. The normalized spacial score (nSPS) is 22.6. The van der Waals surface area contributed by atoms with Crippen molar-refractivity contribution < 1.29 is 0 Å². The predicted octanol–water partition coefficient (Wildman–Crippen LogP) is 1.75. The van der Waals surface area contributed by atoms with Gasteiger partial charge in [-0.3, -0.25) is 0 Å². The summed E-state index contributed by atoms with van der Waals surface area (Å²) in [5.74, 6) is 0. The molecule has 0 saturated carbocycles. The van der Waals surface area contributed by atoms with Crippen LogP contribution in [0.2, 0.25) is 0 Å². The van der Waals surface area contributed by atoms with Crippen LogP contribution in [-0.4, -0.2) is 15.8 Å². The van der Waals surface area contributed by atoms with Gasteiger partial charge >= 0.3 is 62.5 Å². The van der Waals surface area contributed by atoms with Crippen molar-refractivity contribution in [2.45, 2.75) is 0 Å². The van der Waals surface area contributed by atoms with Crippen molar-refractivity contribution in [3.63, 3.8) is 0 Å². The molecule has 7 heavy (non-hydrogen) atoms. The van der Waals surface area contributed by atoms with Crippen LogP contribution in [-0.2, 0) is 0 Å². The van der Waals surface area contributed by atoms with Crippen LogP contribution >= 0.6 is 27.5 Å². The molecule has 0 aromatic carbocycles. The van der Waals surface area contributed by atoms with Crippen molar-refractivity contribution >= 4 is 43.3 Å². The number of hydrogen-bond donors (Lipinski definition) is 0. The van der Waals surface area contributed by atoms with Crippen LogP contribution in [0.5, 0.6) is 0 Å². The molecule has 1 aliphatic heterocycles. The maximum absolute atomic E-state index is 5.64. The predicted molar refractivity (Wildman–Crippen MR) is 38.1 cm³/mol. The number of halogens is 2. The topological polar surface area (TPSA) is 0 Å². The van der Waals surface area contributed by atoms with Crippen LogP contribution in [0.4, 0.5) is 0 Å². The van der Waals surface area contributed by atoms with E-state index in [1.807, 2.05) is 6.08 Å². The Balaban J connectivity index is 2.69. The first-order valence-electron chi connectivity index (χ1n) is 1.78. The van der Waals surface area contributed by atoms with Crippen molar-refractivity contribution in [2.75, 3.05) is 0 Å². The standard InChI is InChI=1S/C4H3AsBrCl/c6-3-1-4(7)5-2-3/h1-2,5H. The molecule has 0 fully saturated rings. The number of allylic oxidation sites excluding steroid dienone is 2. The molecule has 0 N–H and O–H groups in total. The van der Waals surface area contributed by atoms with Gasteiger partial charge in [-0.15, -0.1) is 0 Å². The fourth-order valence-corrected chi connectivity index (χ4v) is 3.40. The van der Waals surface area contributed by atoms with Gasteiger partial charge in [-0.2, -0.15) is 0 Å². The zero-order chi connectivity index (χ0) is 5.28. The second-order valence-electron chi connectivity index (χ2n) is 1.17. The van der Waals surface area contributed by atoms with E-state index in [0.717, 1.165) is 8.30 Å². The molecule has 1 unspecified atom stereocenters. The van der Waals surface area contributed by atoms with E-state index in [-0.39, 0.29) is 15.8 Å². The SMILES string of the molecule is ClC1=CC(Br)=C[AsH]1. The van der Waals surface area contributed by atoms with Crippen LogP contribution in [0.1, 0.15) is 0 Å². The van der Waals surface area contributed by atoms with Crippen LogP contribution in [0.15, 0.2) is 19.2 Å². The van der Waals surface area contributed by atoms with Crippen molar-refractivity contribution in [3.05, 3.63) is 19.2 Å². The third kappa shape index (κ3) is 1.64. The Morgan fingerprint density at radius 3 is 2.57 bits per heavy atom. The van der Waals surface area contributed by atoms with Gasteiger partial charge in [0.1, 0.15) is 0 Å². The first-order chi connectivity index (χ1) is 3.29. The molecule has 1 atom stereocenters. The Kier molecular flexibility index (Phi) is 2.02. The Labute approximate surface area is 62.4 Å². The fourth-order valence-electron chi connectivity index (χ4n) is 0.342. The first kappa shape index (κ1) is 5.94. The van der Waals surface area contributed by atoms with Gasteiger partial charge in [0.2, 0.25) is 0 Å². The van der Waals surface area contributed by atoms with E-state index in [1.54, 1.807) is 0 Å². The molecule has 0 aromatic heterocycles. The van der Waals surface area contributed by atoms with Crippen LogP contribution in [0.3, 0.4) is 0 Å². The molecule has 3 heteroatoms. The molecular weight excluding hydrogens is 238 g/mol. The molecule has 0 saturated heterocycles. The van der Waals surface area contributed by atoms with E-state index < -0.39 is 0 Å². The van der Waals surface area contributed by atoms with Gasteiger partial charge in [0.25, 0.3) is 0 Å². The first-order valence-corrected chi connectivity index (χ1v) is 5.21. The summed E-state index contributed by atoms with van der Waals surface area (Å²) in [4.78, 5) is 2.16. The zero-order valence-corrected chi connectivity index (χ0v) is 7.85. The second-order valence-corrected chi connectivity index (χ2v) is 5.50. The summed E-state index contributed by atoms with van der Waals surface area (Å²) in [6.07, 6.45) is 1.96. The van der Waals surface area contributed by atoms with Crippen molar-refractivity contribution in [1.29, 1.82) is 0 Å². The van der Waals surface area contributed by atoms with Crippen LogP contribution in [0.25, 0.3) is 0 Å². The summed E-state index contributed by atoms with van der Waals surface area (Å²) in [7, 11) is 0. The monoisotopic (exact) mass is 240 g/mol. The molecule has 0 aromatic rings. The van der Waals surface area contributed by atoms with Gasteiger partial charge in [0.15, 0.2) is 0 Å². The summed E-state index contributed by atoms with van der Waals surface area (Å²) in [6.45, 7) is 0. The van der Waals surface area contributed by atoms with Gasteiger partial charge in [0.05, 0.1) is 0 Å². The molecule has 0 aliphatic carbocycles. The van der Waals surface area contributed by atoms with E-state index in [2.05, 4.69) is 20.8 Å². The number of rotatable bonds is 0. The Morgan fingerprint density at radius 1 is 1.71 bits per heavy atom. The van der Waals surface area contributed by atoms with Crippen molar-refractivity contribution in [2.24, 2.45) is 0 Å². The van der Waals surface area contributed by atoms with Gasteiger partial charge in [-0.05, 0) is 0 Å². The average molecular weight is 241 g/mol. The molecule has 1 aliphatic rings. The van der Waals surface area contributed by atoms with Gasteiger partial charge in [-0.1, -0.05) is 0 Å². The summed E-state index contributed by atoms with van der Waals surface area (Å²) >= 11 is 8.89. The summed E-state index contributed by atoms with van der Waals surface area (Å²) < 4.78 is 2.18. The van der Waals surface area contributed by atoms with E-state index in [9.17, 15) is 0 Å². The van der Waals surface area contributed by atoms with E-state index in [0.29, 0.717) is 0 Å².